The van der Waals surface area contributed by atoms with Gasteiger partial charge in [0.1, 0.15) is 5.82 Å². The molecule has 126 valence electrons. The molecule has 0 aromatic heterocycles. The summed E-state index contributed by atoms with van der Waals surface area (Å²) < 4.78 is 13.4. The number of carbonyl (C=O) groups is 2. The van der Waals surface area contributed by atoms with Crippen molar-refractivity contribution < 1.29 is 14.0 Å². The Morgan fingerprint density at radius 2 is 1.96 bits per heavy atom. The second kappa shape index (κ2) is 7.57. The third-order valence-corrected chi connectivity index (χ3v) is 4.21. The van der Waals surface area contributed by atoms with Gasteiger partial charge < -0.3 is 10.6 Å². The molecule has 2 N–H and O–H groups in total. The number of amides is 2. The van der Waals surface area contributed by atoms with Crippen molar-refractivity contribution in [2.75, 3.05) is 6.54 Å². The molecule has 1 atom stereocenters. The number of rotatable bonds is 7. The first-order valence-corrected chi connectivity index (χ1v) is 8.19. The Morgan fingerprint density at radius 1 is 1.26 bits per heavy atom. The molecule has 1 unspecified atom stereocenters. The van der Waals surface area contributed by atoms with Crippen LogP contribution >= 0.6 is 0 Å². The molecule has 0 spiro atoms. The van der Waals surface area contributed by atoms with E-state index < -0.39 is 0 Å². The summed E-state index contributed by atoms with van der Waals surface area (Å²) >= 11 is 0. The van der Waals surface area contributed by atoms with Gasteiger partial charge in [0.05, 0.1) is 6.54 Å². The number of halogens is 1. The van der Waals surface area contributed by atoms with Crippen LogP contribution in [0.15, 0.2) is 18.2 Å². The summed E-state index contributed by atoms with van der Waals surface area (Å²) in [5, 5.41) is 5.51. The highest BCUT2D eigenvalue weighted by molar-refractivity contribution is 5.85. The van der Waals surface area contributed by atoms with E-state index in [-0.39, 0.29) is 36.0 Å². The average molecular weight is 320 g/mol. The fraction of sp³-hybridized carbons (Fsp3) is 0.556. The van der Waals surface area contributed by atoms with Crippen molar-refractivity contribution >= 4 is 11.8 Å². The molecule has 2 amide bonds. The number of nitrogens with one attached hydrogen (secondary N) is 2. The molecule has 2 rings (SSSR count). The molecule has 1 aromatic carbocycles. The topological polar surface area (TPSA) is 58.2 Å². The lowest BCUT2D eigenvalue weighted by molar-refractivity contribution is -0.126. The summed E-state index contributed by atoms with van der Waals surface area (Å²) in [6.45, 7) is 5.81. The van der Waals surface area contributed by atoms with Gasteiger partial charge in [0, 0.05) is 12.5 Å². The summed E-state index contributed by atoms with van der Waals surface area (Å²) in [5.41, 5.74) is 1.54. The molecule has 1 aromatic rings. The zero-order valence-electron chi connectivity index (χ0n) is 14.0. The van der Waals surface area contributed by atoms with Crippen LogP contribution in [0.3, 0.4) is 0 Å². The minimum absolute atomic E-state index is 0.000735. The van der Waals surface area contributed by atoms with Crippen LogP contribution in [0.5, 0.6) is 0 Å². The van der Waals surface area contributed by atoms with Gasteiger partial charge in [-0.15, -0.1) is 0 Å². The minimum Gasteiger partial charge on any atom is -0.352 e. The highest BCUT2D eigenvalue weighted by Crippen LogP contribution is 2.29. The van der Waals surface area contributed by atoms with Gasteiger partial charge in [-0.1, -0.05) is 26.0 Å². The number of hydrogen-bond acceptors (Lipinski definition) is 2. The Kier molecular flexibility index (Phi) is 5.74. The van der Waals surface area contributed by atoms with Crippen molar-refractivity contribution in [3.8, 4) is 0 Å². The lowest BCUT2D eigenvalue weighted by Gasteiger charge is -2.21. The maximum atomic E-state index is 13.4. The van der Waals surface area contributed by atoms with E-state index in [9.17, 15) is 14.0 Å². The van der Waals surface area contributed by atoms with E-state index in [2.05, 4.69) is 10.6 Å². The van der Waals surface area contributed by atoms with Crippen LogP contribution in [0.4, 0.5) is 4.39 Å². The fourth-order valence-electron chi connectivity index (χ4n) is 2.59. The molecule has 23 heavy (non-hydrogen) atoms. The van der Waals surface area contributed by atoms with Crippen molar-refractivity contribution in [3.63, 3.8) is 0 Å². The van der Waals surface area contributed by atoms with Crippen LogP contribution in [-0.4, -0.2) is 24.4 Å². The third kappa shape index (κ3) is 5.34. The molecule has 1 aliphatic carbocycles. The van der Waals surface area contributed by atoms with Crippen LogP contribution in [0.2, 0.25) is 0 Å². The molecule has 1 saturated carbocycles. The van der Waals surface area contributed by atoms with Gasteiger partial charge in [-0.2, -0.15) is 0 Å². The van der Waals surface area contributed by atoms with Gasteiger partial charge in [-0.05, 0) is 48.8 Å². The Hall–Kier alpha value is -1.91. The van der Waals surface area contributed by atoms with E-state index in [0.717, 1.165) is 18.4 Å². The van der Waals surface area contributed by atoms with E-state index in [4.69, 9.17) is 0 Å². The molecule has 4 nitrogen and oxygen atoms in total. The van der Waals surface area contributed by atoms with Crippen LogP contribution in [0.1, 0.15) is 50.2 Å². The van der Waals surface area contributed by atoms with Gasteiger partial charge in [-0.25, -0.2) is 4.39 Å². The maximum absolute atomic E-state index is 13.4. The molecule has 1 fully saturated rings. The average Bonchev–Trinajstić information content (AvgIpc) is 3.29. The van der Waals surface area contributed by atoms with Gasteiger partial charge in [-0.3, -0.25) is 9.59 Å². The SMILES string of the molecule is Cc1cc(C(CC(=O)NCC(=O)NC2CC2)C(C)C)ccc1F. The highest BCUT2D eigenvalue weighted by Gasteiger charge is 2.24. The van der Waals surface area contributed by atoms with Gasteiger partial charge in [0.2, 0.25) is 11.8 Å². The predicted molar refractivity (Wildman–Crippen MR) is 87.5 cm³/mol. The molecular formula is C18H25FN2O2. The van der Waals surface area contributed by atoms with E-state index in [1.807, 2.05) is 13.8 Å². The van der Waals surface area contributed by atoms with Crippen LogP contribution in [0, 0.1) is 18.7 Å². The van der Waals surface area contributed by atoms with Crippen molar-refractivity contribution in [3.05, 3.63) is 35.1 Å². The monoisotopic (exact) mass is 320 g/mol. The number of benzene rings is 1. The van der Waals surface area contributed by atoms with Crippen molar-refractivity contribution in [2.45, 2.75) is 52.0 Å². The predicted octanol–water partition coefficient (Wildman–Crippen LogP) is 2.66. The molecule has 0 aliphatic heterocycles. The van der Waals surface area contributed by atoms with Gasteiger partial charge >= 0.3 is 0 Å². The van der Waals surface area contributed by atoms with Crippen molar-refractivity contribution in [2.24, 2.45) is 5.92 Å². The minimum atomic E-state index is -0.238. The fourth-order valence-corrected chi connectivity index (χ4v) is 2.59. The van der Waals surface area contributed by atoms with E-state index in [1.54, 1.807) is 19.1 Å². The second-order valence-corrected chi connectivity index (χ2v) is 6.68. The summed E-state index contributed by atoms with van der Waals surface area (Å²) in [6.07, 6.45) is 2.34. The standard InChI is InChI=1S/C18H25FN2O2/c1-11(2)15(13-4-7-16(19)12(3)8-13)9-17(22)20-10-18(23)21-14-5-6-14/h4,7-8,11,14-15H,5-6,9-10H2,1-3H3,(H,20,22)(H,21,23). The van der Waals surface area contributed by atoms with Gasteiger partial charge in [0.25, 0.3) is 0 Å². The molecule has 0 bridgehead atoms. The number of aryl methyl sites for hydroxylation is 1. The molecule has 5 heteroatoms. The molecule has 0 saturated heterocycles. The van der Waals surface area contributed by atoms with E-state index in [1.165, 1.54) is 6.07 Å². The first-order valence-electron chi connectivity index (χ1n) is 8.19. The highest BCUT2D eigenvalue weighted by atomic mass is 19.1. The zero-order valence-corrected chi connectivity index (χ0v) is 14.0. The zero-order chi connectivity index (χ0) is 17.0. The lowest BCUT2D eigenvalue weighted by Crippen LogP contribution is -2.38. The quantitative estimate of drug-likeness (QED) is 0.811. The van der Waals surface area contributed by atoms with E-state index >= 15 is 0 Å². The third-order valence-electron chi connectivity index (χ3n) is 4.21. The van der Waals surface area contributed by atoms with Crippen molar-refractivity contribution in [1.82, 2.24) is 10.6 Å². The Labute approximate surface area is 136 Å². The Morgan fingerprint density at radius 3 is 2.52 bits per heavy atom. The number of carbonyl (C=O) groups excluding carboxylic acids is 2. The molecular weight excluding hydrogens is 295 g/mol. The molecule has 0 heterocycles. The summed E-state index contributed by atoms with van der Waals surface area (Å²) in [7, 11) is 0. The second-order valence-electron chi connectivity index (χ2n) is 6.68. The van der Waals surface area contributed by atoms with E-state index in [0.29, 0.717) is 18.0 Å². The molecule has 1 aliphatic rings. The van der Waals surface area contributed by atoms with Crippen LogP contribution in [-0.2, 0) is 9.59 Å². The van der Waals surface area contributed by atoms with Crippen LogP contribution < -0.4 is 10.6 Å². The normalized spacial score (nSPS) is 15.3. The summed E-state index contributed by atoms with van der Waals surface area (Å²) in [6, 6.07) is 5.28. The molecule has 0 radical (unpaired) electrons. The first kappa shape index (κ1) is 17.4. The Balaban J connectivity index is 1.91. The summed E-state index contributed by atoms with van der Waals surface area (Å²) in [4.78, 5) is 23.7. The Bertz CT molecular complexity index is 582. The van der Waals surface area contributed by atoms with Crippen LogP contribution in [0.25, 0.3) is 0 Å². The lowest BCUT2D eigenvalue weighted by atomic mass is 9.85. The first-order chi connectivity index (χ1) is 10.9. The maximum Gasteiger partial charge on any atom is 0.239 e. The largest absolute Gasteiger partial charge is 0.352 e. The van der Waals surface area contributed by atoms with Gasteiger partial charge in [0.15, 0.2) is 0 Å². The van der Waals surface area contributed by atoms with Crippen molar-refractivity contribution in [1.29, 1.82) is 0 Å². The number of hydrogen-bond donors (Lipinski definition) is 2. The summed E-state index contributed by atoms with van der Waals surface area (Å²) in [5.74, 6) is -0.291. The smallest absolute Gasteiger partial charge is 0.239 e.